The van der Waals surface area contributed by atoms with Crippen LogP contribution in [0.15, 0.2) is 29.2 Å². The second kappa shape index (κ2) is 8.13. The van der Waals surface area contributed by atoms with E-state index in [-0.39, 0.29) is 34.6 Å². The van der Waals surface area contributed by atoms with E-state index in [2.05, 4.69) is 17.0 Å². The number of benzene rings is 1. The number of nitrogens with two attached hydrogens (primary N) is 1. The van der Waals surface area contributed by atoms with Crippen molar-refractivity contribution in [3.05, 3.63) is 29.8 Å². The molecule has 2 amide bonds. The molecular weight excluding hydrogens is 426 g/mol. The third-order valence-corrected chi connectivity index (χ3v) is 9.49. The van der Waals surface area contributed by atoms with Crippen LogP contribution in [-0.4, -0.2) is 31.8 Å². The summed E-state index contributed by atoms with van der Waals surface area (Å²) in [4.78, 5) is 25.5. The number of rotatable bonds is 8. The molecule has 0 aromatic heterocycles. The molecular formula is C24H35N3O4S. The Morgan fingerprint density at radius 3 is 2.22 bits per heavy atom. The monoisotopic (exact) mass is 461 g/mol. The molecule has 1 aromatic carbocycles. The number of primary amides is 1. The maximum Gasteiger partial charge on any atom is 0.241 e. The number of carbonyl (C=O) groups is 2. The van der Waals surface area contributed by atoms with Crippen molar-refractivity contribution in [3.63, 3.8) is 0 Å². The predicted molar refractivity (Wildman–Crippen MR) is 122 cm³/mol. The van der Waals surface area contributed by atoms with Gasteiger partial charge < -0.3 is 11.1 Å². The van der Waals surface area contributed by atoms with E-state index in [0.29, 0.717) is 5.92 Å². The fourth-order valence-electron chi connectivity index (χ4n) is 6.46. The number of hydrogen-bond donors (Lipinski definition) is 3. The second-order valence-electron chi connectivity index (χ2n) is 10.7. The second-order valence-corrected chi connectivity index (χ2v) is 12.4. The molecule has 4 bridgehead atoms. The smallest absolute Gasteiger partial charge is 0.241 e. The maximum atomic E-state index is 13.2. The highest BCUT2D eigenvalue weighted by atomic mass is 32.2. The Balaban J connectivity index is 1.44. The molecule has 4 N–H and O–H groups in total. The summed E-state index contributed by atoms with van der Waals surface area (Å²) >= 11 is 0. The van der Waals surface area contributed by atoms with E-state index in [0.717, 1.165) is 50.5 Å². The molecule has 176 valence electrons. The Bertz CT molecular complexity index is 987. The topological polar surface area (TPSA) is 118 Å². The van der Waals surface area contributed by atoms with Gasteiger partial charge in [0.05, 0.1) is 4.90 Å². The van der Waals surface area contributed by atoms with Crippen LogP contribution in [-0.2, 0) is 26.0 Å². The Morgan fingerprint density at radius 1 is 1.09 bits per heavy atom. The number of aryl methyl sites for hydroxylation is 1. The van der Waals surface area contributed by atoms with Crippen LogP contribution in [0.5, 0.6) is 0 Å². The average molecular weight is 462 g/mol. The zero-order chi connectivity index (χ0) is 23.3. The van der Waals surface area contributed by atoms with Crippen molar-refractivity contribution in [1.82, 2.24) is 10.0 Å². The lowest BCUT2D eigenvalue weighted by atomic mass is 9.47. The highest BCUT2D eigenvalue weighted by Gasteiger charge is 2.58. The minimum absolute atomic E-state index is 0.0383. The first-order chi connectivity index (χ1) is 15.0. The van der Waals surface area contributed by atoms with Crippen LogP contribution in [0.1, 0.15) is 64.9 Å². The molecule has 0 heterocycles. The molecule has 4 fully saturated rings. The summed E-state index contributed by atoms with van der Waals surface area (Å²) in [5, 5.41) is 3.14. The third kappa shape index (κ3) is 4.19. The number of hydrogen-bond acceptors (Lipinski definition) is 4. The Morgan fingerprint density at radius 2 is 1.69 bits per heavy atom. The zero-order valence-corrected chi connectivity index (χ0v) is 20.0. The predicted octanol–water partition coefficient (Wildman–Crippen LogP) is 2.49. The normalized spacial score (nSPS) is 31.5. The molecule has 4 aliphatic carbocycles. The van der Waals surface area contributed by atoms with Gasteiger partial charge in [0, 0.05) is 11.5 Å². The fourth-order valence-corrected chi connectivity index (χ4v) is 7.84. The number of carbonyl (C=O) groups excluding carboxylic acids is 2. The third-order valence-electron chi connectivity index (χ3n) is 7.82. The van der Waals surface area contributed by atoms with Crippen LogP contribution in [0.2, 0.25) is 0 Å². The van der Waals surface area contributed by atoms with E-state index in [1.54, 1.807) is 26.0 Å². The van der Waals surface area contributed by atoms with Crippen molar-refractivity contribution in [3.8, 4) is 0 Å². The van der Waals surface area contributed by atoms with E-state index < -0.39 is 21.0 Å². The van der Waals surface area contributed by atoms with Gasteiger partial charge >= 0.3 is 0 Å². The van der Waals surface area contributed by atoms with E-state index >= 15 is 0 Å². The van der Waals surface area contributed by atoms with Crippen LogP contribution in [0.4, 0.5) is 0 Å². The molecule has 4 aliphatic rings. The van der Waals surface area contributed by atoms with Gasteiger partial charge in [-0.3, -0.25) is 9.59 Å². The SMILES string of the molecule is CCCc1ccc(S(=O)(=O)NC(C)(C)C(=O)NC2C3CC4CC2CC(C(N)=O)(C4)C3)cc1. The van der Waals surface area contributed by atoms with Crippen LogP contribution < -0.4 is 15.8 Å². The lowest BCUT2D eigenvalue weighted by Crippen LogP contribution is -2.65. The minimum Gasteiger partial charge on any atom is -0.369 e. The van der Waals surface area contributed by atoms with Crippen LogP contribution in [0, 0.1) is 23.2 Å². The lowest BCUT2D eigenvalue weighted by molar-refractivity contribution is -0.148. The van der Waals surface area contributed by atoms with Crippen molar-refractivity contribution in [1.29, 1.82) is 0 Å². The molecule has 0 spiro atoms. The molecule has 1 aromatic rings. The van der Waals surface area contributed by atoms with E-state index in [9.17, 15) is 18.0 Å². The van der Waals surface area contributed by atoms with Crippen molar-refractivity contribution in [2.75, 3.05) is 0 Å². The van der Waals surface area contributed by atoms with Crippen molar-refractivity contribution in [2.45, 2.75) is 82.2 Å². The quantitative estimate of drug-likeness (QED) is 0.551. The average Bonchev–Trinajstić information content (AvgIpc) is 2.70. The molecule has 0 aliphatic heterocycles. The largest absolute Gasteiger partial charge is 0.369 e. The minimum atomic E-state index is -3.85. The van der Waals surface area contributed by atoms with Gasteiger partial charge in [0.1, 0.15) is 5.54 Å². The molecule has 7 nitrogen and oxygen atoms in total. The van der Waals surface area contributed by atoms with Crippen LogP contribution >= 0.6 is 0 Å². The Hall–Kier alpha value is -1.93. The molecule has 5 rings (SSSR count). The molecule has 32 heavy (non-hydrogen) atoms. The lowest BCUT2D eigenvalue weighted by Gasteiger charge is -2.59. The summed E-state index contributed by atoms with van der Waals surface area (Å²) in [5.41, 5.74) is 5.11. The van der Waals surface area contributed by atoms with Gasteiger partial charge in [0.15, 0.2) is 0 Å². The number of amides is 2. The summed E-state index contributed by atoms with van der Waals surface area (Å²) in [5.74, 6) is 0.386. The molecule has 2 unspecified atom stereocenters. The van der Waals surface area contributed by atoms with Crippen molar-refractivity contribution in [2.24, 2.45) is 28.9 Å². The van der Waals surface area contributed by atoms with Gasteiger partial charge in [0.25, 0.3) is 0 Å². The van der Waals surface area contributed by atoms with E-state index in [4.69, 9.17) is 5.73 Å². The summed E-state index contributed by atoms with van der Waals surface area (Å²) in [6.07, 6.45) is 6.18. The number of sulfonamides is 1. The Labute approximate surface area is 191 Å². The van der Waals surface area contributed by atoms with Crippen molar-refractivity contribution >= 4 is 21.8 Å². The summed E-state index contributed by atoms with van der Waals surface area (Å²) in [7, 11) is -3.85. The van der Waals surface area contributed by atoms with Gasteiger partial charge in [-0.1, -0.05) is 25.5 Å². The zero-order valence-electron chi connectivity index (χ0n) is 19.2. The van der Waals surface area contributed by atoms with E-state index in [1.807, 2.05) is 12.1 Å². The summed E-state index contributed by atoms with van der Waals surface area (Å²) in [6, 6.07) is 6.76. The van der Waals surface area contributed by atoms with Crippen LogP contribution in [0.3, 0.4) is 0 Å². The van der Waals surface area contributed by atoms with Gasteiger partial charge in [-0.15, -0.1) is 0 Å². The first-order valence-corrected chi connectivity index (χ1v) is 13.2. The summed E-state index contributed by atoms with van der Waals surface area (Å²) in [6.45, 7) is 5.25. The first kappa shape index (κ1) is 23.2. The van der Waals surface area contributed by atoms with Gasteiger partial charge in [-0.25, -0.2) is 8.42 Å². The highest BCUT2D eigenvalue weighted by Crippen LogP contribution is 2.59. The fraction of sp³-hybridized carbons (Fsp3) is 0.667. The maximum absolute atomic E-state index is 13.2. The number of nitrogens with one attached hydrogen (secondary N) is 2. The molecule has 4 saturated carbocycles. The van der Waals surface area contributed by atoms with Crippen molar-refractivity contribution < 1.29 is 18.0 Å². The summed E-state index contributed by atoms with van der Waals surface area (Å²) < 4.78 is 28.5. The van der Waals surface area contributed by atoms with Gasteiger partial charge in [0.2, 0.25) is 21.8 Å². The first-order valence-electron chi connectivity index (χ1n) is 11.7. The van der Waals surface area contributed by atoms with Gasteiger partial charge in [-0.2, -0.15) is 4.72 Å². The Kier molecular flexibility index (Phi) is 5.91. The molecule has 0 saturated heterocycles. The van der Waals surface area contributed by atoms with Crippen LogP contribution in [0.25, 0.3) is 0 Å². The highest BCUT2D eigenvalue weighted by molar-refractivity contribution is 7.89. The van der Waals surface area contributed by atoms with Gasteiger partial charge in [-0.05, 0) is 87.8 Å². The van der Waals surface area contributed by atoms with E-state index in [1.165, 1.54) is 0 Å². The molecule has 2 atom stereocenters. The standard InChI is InChI=1S/C24H35N3O4S/c1-4-5-15-6-8-19(9-7-15)32(30,31)27-23(2,3)22(29)26-20-17-10-16-11-18(20)14-24(12-16,13-17)21(25)28/h6-9,16-18,20,27H,4-5,10-14H2,1-3H3,(H2,25,28)(H,26,29). The molecule has 8 heteroatoms. The molecule has 0 radical (unpaired) electrons.